The van der Waals surface area contributed by atoms with E-state index in [0.29, 0.717) is 0 Å². The van der Waals surface area contributed by atoms with E-state index in [0.717, 1.165) is 5.56 Å². The maximum Gasteiger partial charge on any atom is 0.356 e. The monoisotopic (exact) mass is 258 g/mol. The molecule has 0 aliphatic heterocycles. The van der Waals surface area contributed by atoms with Crippen LogP contribution in [-0.2, 0) is 6.54 Å². The highest BCUT2D eigenvalue weighted by molar-refractivity contribution is 6.01. The zero-order valence-electron chi connectivity index (χ0n) is 9.78. The molecule has 96 valence electrons. The number of aromatic nitrogens is 3. The molecule has 2 heterocycles. The number of aromatic carboxylic acids is 1. The first-order valence-electron chi connectivity index (χ1n) is 5.40. The fourth-order valence-electron chi connectivity index (χ4n) is 1.43. The standard InChI is InChI=1S/C12H10N4O3/c17-11(16-7-8-2-1-3-13-6-8)9-10(12(18)19)15-5-4-14-9/h1-6H,7H2,(H,16,17)(H,18,19). The van der Waals surface area contributed by atoms with Gasteiger partial charge in [-0.2, -0.15) is 0 Å². The molecule has 0 aliphatic rings. The third-order valence-electron chi connectivity index (χ3n) is 2.29. The highest BCUT2D eigenvalue weighted by Crippen LogP contribution is 2.02. The van der Waals surface area contributed by atoms with Crippen LogP contribution in [0.15, 0.2) is 36.9 Å². The lowest BCUT2D eigenvalue weighted by atomic mass is 10.2. The van der Waals surface area contributed by atoms with Crippen LogP contribution in [-0.4, -0.2) is 31.9 Å². The minimum Gasteiger partial charge on any atom is -0.476 e. The van der Waals surface area contributed by atoms with E-state index >= 15 is 0 Å². The Labute approximate surface area is 108 Å². The van der Waals surface area contributed by atoms with Crippen LogP contribution in [0.25, 0.3) is 0 Å². The summed E-state index contributed by atoms with van der Waals surface area (Å²) in [6.45, 7) is 0.238. The Bertz CT molecular complexity index is 601. The van der Waals surface area contributed by atoms with E-state index in [-0.39, 0.29) is 17.9 Å². The highest BCUT2D eigenvalue weighted by Gasteiger charge is 2.18. The number of nitrogens with one attached hydrogen (secondary N) is 1. The average molecular weight is 258 g/mol. The van der Waals surface area contributed by atoms with E-state index in [2.05, 4.69) is 20.3 Å². The van der Waals surface area contributed by atoms with Crippen molar-refractivity contribution in [1.82, 2.24) is 20.3 Å². The lowest BCUT2D eigenvalue weighted by Crippen LogP contribution is -2.26. The number of nitrogens with zero attached hydrogens (tertiary/aromatic N) is 3. The van der Waals surface area contributed by atoms with Crippen molar-refractivity contribution in [3.63, 3.8) is 0 Å². The second-order valence-electron chi connectivity index (χ2n) is 3.60. The number of pyridine rings is 1. The summed E-state index contributed by atoms with van der Waals surface area (Å²) < 4.78 is 0. The first kappa shape index (κ1) is 12.6. The van der Waals surface area contributed by atoms with Gasteiger partial charge in [-0.3, -0.25) is 9.78 Å². The van der Waals surface area contributed by atoms with Gasteiger partial charge in [0, 0.05) is 31.3 Å². The van der Waals surface area contributed by atoms with Gasteiger partial charge in [-0.15, -0.1) is 0 Å². The largest absolute Gasteiger partial charge is 0.476 e. The molecule has 0 unspecified atom stereocenters. The zero-order chi connectivity index (χ0) is 13.7. The molecule has 2 aromatic rings. The smallest absolute Gasteiger partial charge is 0.356 e. The molecule has 0 radical (unpaired) electrons. The van der Waals surface area contributed by atoms with Crippen molar-refractivity contribution in [2.45, 2.75) is 6.54 Å². The predicted molar refractivity (Wildman–Crippen MR) is 64.4 cm³/mol. The van der Waals surface area contributed by atoms with Gasteiger partial charge in [0.1, 0.15) is 0 Å². The minimum atomic E-state index is -1.29. The summed E-state index contributed by atoms with van der Waals surface area (Å²) in [6.07, 6.45) is 5.72. The molecular formula is C12H10N4O3. The molecule has 0 saturated heterocycles. The van der Waals surface area contributed by atoms with Crippen LogP contribution in [0.3, 0.4) is 0 Å². The summed E-state index contributed by atoms with van der Waals surface area (Å²) in [5.41, 5.74) is 0.224. The second kappa shape index (κ2) is 5.67. The van der Waals surface area contributed by atoms with Gasteiger partial charge >= 0.3 is 5.97 Å². The number of amides is 1. The van der Waals surface area contributed by atoms with Gasteiger partial charge in [0.15, 0.2) is 11.4 Å². The number of carboxylic acids is 1. The predicted octanol–water partition coefficient (Wildman–Crippen LogP) is 0.500. The van der Waals surface area contributed by atoms with Crippen molar-refractivity contribution >= 4 is 11.9 Å². The molecule has 0 fully saturated rings. The van der Waals surface area contributed by atoms with Gasteiger partial charge in [0.05, 0.1) is 0 Å². The Morgan fingerprint density at radius 1 is 1.16 bits per heavy atom. The lowest BCUT2D eigenvalue weighted by Gasteiger charge is -2.05. The normalized spacial score (nSPS) is 9.89. The Morgan fingerprint density at radius 3 is 2.53 bits per heavy atom. The quantitative estimate of drug-likeness (QED) is 0.827. The Hall–Kier alpha value is -2.83. The van der Waals surface area contributed by atoms with Crippen LogP contribution in [0.2, 0.25) is 0 Å². The molecule has 19 heavy (non-hydrogen) atoms. The van der Waals surface area contributed by atoms with Gasteiger partial charge in [0.25, 0.3) is 5.91 Å². The van der Waals surface area contributed by atoms with E-state index in [1.807, 2.05) is 0 Å². The average Bonchev–Trinajstić information content (AvgIpc) is 2.46. The summed E-state index contributed by atoms with van der Waals surface area (Å²) in [7, 11) is 0. The van der Waals surface area contributed by atoms with Crippen molar-refractivity contribution in [2.24, 2.45) is 0 Å². The van der Waals surface area contributed by atoms with Crippen LogP contribution in [0, 0.1) is 0 Å². The molecule has 2 N–H and O–H groups in total. The van der Waals surface area contributed by atoms with Crippen molar-refractivity contribution in [1.29, 1.82) is 0 Å². The Morgan fingerprint density at radius 2 is 1.89 bits per heavy atom. The number of hydrogen-bond acceptors (Lipinski definition) is 5. The van der Waals surface area contributed by atoms with Gasteiger partial charge in [-0.25, -0.2) is 14.8 Å². The number of carbonyl (C=O) groups is 2. The third kappa shape index (κ3) is 3.09. The molecule has 7 nitrogen and oxygen atoms in total. The second-order valence-corrected chi connectivity index (χ2v) is 3.60. The number of carbonyl (C=O) groups excluding carboxylic acids is 1. The first-order valence-corrected chi connectivity index (χ1v) is 5.40. The summed E-state index contributed by atoms with van der Waals surface area (Å²) >= 11 is 0. The molecule has 0 spiro atoms. The molecule has 2 aromatic heterocycles. The van der Waals surface area contributed by atoms with Crippen LogP contribution in [0.1, 0.15) is 26.5 Å². The summed E-state index contributed by atoms with van der Waals surface area (Å²) in [4.78, 5) is 34.0. The Balaban J connectivity index is 2.10. The molecule has 0 aliphatic carbocycles. The van der Waals surface area contributed by atoms with Gasteiger partial charge in [-0.05, 0) is 11.6 Å². The third-order valence-corrected chi connectivity index (χ3v) is 2.29. The zero-order valence-corrected chi connectivity index (χ0v) is 9.78. The van der Waals surface area contributed by atoms with Crippen molar-refractivity contribution in [2.75, 3.05) is 0 Å². The van der Waals surface area contributed by atoms with Crippen LogP contribution in [0.5, 0.6) is 0 Å². The number of carboxylic acid groups (broad SMARTS) is 1. The van der Waals surface area contributed by atoms with E-state index < -0.39 is 11.9 Å². The molecule has 0 bridgehead atoms. The fraction of sp³-hybridized carbons (Fsp3) is 0.0833. The number of hydrogen-bond donors (Lipinski definition) is 2. The number of rotatable bonds is 4. The SMILES string of the molecule is O=C(O)c1nccnc1C(=O)NCc1cccnc1. The minimum absolute atomic E-state index is 0.209. The summed E-state index contributed by atoms with van der Waals surface area (Å²) in [5.74, 6) is -1.88. The maximum atomic E-state index is 11.8. The molecule has 0 saturated carbocycles. The van der Waals surface area contributed by atoms with Gasteiger partial charge in [0.2, 0.25) is 0 Å². The topological polar surface area (TPSA) is 105 Å². The molecule has 0 atom stereocenters. The lowest BCUT2D eigenvalue weighted by molar-refractivity contribution is 0.0683. The van der Waals surface area contributed by atoms with Crippen LogP contribution >= 0.6 is 0 Å². The summed E-state index contributed by atoms with van der Waals surface area (Å²) in [6, 6.07) is 3.54. The fourth-order valence-corrected chi connectivity index (χ4v) is 1.43. The van der Waals surface area contributed by atoms with Crippen LogP contribution in [0.4, 0.5) is 0 Å². The van der Waals surface area contributed by atoms with Crippen molar-refractivity contribution in [3.05, 3.63) is 53.9 Å². The van der Waals surface area contributed by atoms with Gasteiger partial charge < -0.3 is 10.4 Å². The molecule has 2 rings (SSSR count). The Kier molecular flexibility index (Phi) is 3.77. The van der Waals surface area contributed by atoms with E-state index in [1.54, 1.807) is 24.5 Å². The molecule has 7 heteroatoms. The van der Waals surface area contributed by atoms with E-state index in [1.165, 1.54) is 12.4 Å². The highest BCUT2D eigenvalue weighted by atomic mass is 16.4. The van der Waals surface area contributed by atoms with Crippen LogP contribution < -0.4 is 5.32 Å². The van der Waals surface area contributed by atoms with Crippen molar-refractivity contribution in [3.8, 4) is 0 Å². The van der Waals surface area contributed by atoms with E-state index in [4.69, 9.17) is 5.11 Å². The molecule has 0 aromatic carbocycles. The molecular weight excluding hydrogens is 248 g/mol. The van der Waals surface area contributed by atoms with Crippen molar-refractivity contribution < 1.29 is 14.7 Å². The maximum absolute atomic E-state index is 11.8. The van der Waals surface area contributed by atoms with Gasteiger partial charge in [-0.1, -0.05) is 6.07 Å². The molecule has 1 amide bonds. The van der Waals surface area contributed by atoms with E-state index in [9.17, 15) is 9.59 Å². The summed E-state index contributed by atoms with van der Waals surface area (Å²) in [5, 5.41) is 11.5. The first-order chi connectivity index (χ1) is 9.18.